The average molecular weight is 195 g/mol. The molecule has 1 nitrogen and oxygen atoms in total. The monoisotopic (exact) mass is 195 g/mol. The lowest BCUT2D eigenvalue weighted by Crippen LogP contribution is -2.20. The molecular weight excluding hydrogens is 178 g/mol. The maximum Gasteiger partial charge on any atom is 0.00832 e. The molecule has 0 fully saturated rings. The van der Waals surface area contributed by atoms with E-state index in [2.05, 4.69) is 24.7 Å². The van der Waals surface area contributed by atoms with Crippen LogP contribution in [0.3, 0.4) is 0 Å². The predicted molar refractivity (Wildman–Crippen MR) is 58.7 cm³/mol. The molecule has 1 N–H and O–H groups in total. The van der Waals surface area contributed by atoms with Gasteiger partial charge in [-0.2, -0.15) is 0 Å². The van der Waals surface area contributed by atoms with Gasteiger partial charge in [0.1, 0.15) is 0 Å². The minimum absolute atomic E-state index is 0.778. The summed E-state index contributed by atoms with van der Waals surface area (Å²) >= 11 is 1.95. The van der Waals surface area contributed by atoms with Gasteiger partial charge in [-0.1, -0.05) is 0 Å². The maximum absolute atomic E-state index is 3.30. The number of hydrogen-bond acceptors (Lipinski definition) is 2. The number of likely N-dealkylation sites (N-methyl/N-ethyl adjacent to an activating group) is 1. The van der Waals surface area contributed by atoms with Crippen LogP contribution in [0.25, 0.3) is 0 Å². The molecule has 0 saturated carbocycles. The van der Waals surface area contributed by atoms with Crippen LogP contribution in [0.1, 0.15) is 34.8 Å². The summed E-state index contributed by atoms with van der Waals surface area (Å²) < 4.78 is 0. The quantitative estimate of drug-likeness (QED) is 0.765. The van der Waals surface area contributed by atoms with Crippen LogP contribution in [-0.4, -0.2) is 13.6 Å². The van der Waals surface area contributed by atoms with E-state index in [1.807, 2.05) is 11.3 Å². The molecule has 1 aliphatic rings. The fraction of sp³-hybridized carbons (Fsp3) is 0.636. The molecule has 0 aliphatic heterocycles. The van der Waals surface area contributed by atoms with E-state index in [1.54, 1.807) is 10.4 Å². The van der Waals surface area contributed by atoms with E-state index in [1.165, 1.54) is 24.8 Å². The van der Waals surface area contributed by atoms with Gasteiger partial charge in [0.25, 0.3) is 0 Å². The molecule has 1 atom stereocenters. The van der Waals surface area contributed by atoms with Crippen molar-refractivity contribution in [3.63, 3.8) is 0 Å². The first-order valence-electron chi connectivity index (χ1n) is 5.04. The van der Waals surface area contributed by atoms with Crippen molar-refractivity contribution in [3.8, 4) is 0 Å². The van der Waals surface area contributed by atoms with Crippen molar-refractivity contribution in [2.24, 2.45) is 0 Å². The van der Waals surface area contributed by atoms with E-state index in [9.17, 15) is 0 Å². The number of thiophene rings is 1. The van der Waals surface area contributed by atoms with Gasteiger partial charge in [-0.3, -0.25) is 0 Å². The highest BCUT2D eigenvalue weighted by atomic mass is 32.1. The topological polar surface area (TPSA) is 12.0 Å². The van der Waals surface area contributed by atoms with Crippen LogP contribution < -0.4 is 5.32 Å². The molecule has 2 heteroatoms. The van der Waals surface area contributed by atoms with Crippen molar-refractivity contribution in [2.45, 2.75) is 32.1 Å². The van der Waals surface area contributed by atoms with E-state index >= 15 is 0 Å². The molecule has 1 aromatic heterocycles. The van der Waals surface area contributed by atoms with E-state index < -0.39 is 0 Å². The smallest absolute Gasteiger partial charge is 0.00832 e. The predicted octanol–water partition coefficient (Wildman–Crippen LogP) is 2.70. The van der Waals surface area contributed by atoms with Crippen molar-refractivity contribution in [1.29, 1.82) is 0 Å². The molecular formula is C11H17NS. The number of hydrogen-bond donors (Lipinski definition) is 1. The summed E-state index contributed by atoms with van der Waals surface area (Å²) in [5.41, 5.74) is 3.17. The van der Waals surface area contributed by atoms with E-state index in [0.717, 1.165) is 12.5 Å². The Balaban J connectivity index is 2.29. The molecule has 1 heterocycles. The molecule has 0 aromatic carbocycles. The van der Waals surface area contributed by atoms with Crippen molar-refractivity contribution < 1.29 is 0 Å². The lowest BCUT2D eigenvalue weighted by atomic mass is 9.85. The molecule has 13 heavy (non-hydrogen) atoms. The van der Waals surface area contributed by atoms with Crippen molar-refractivity contribution in [2.75, 3.05) is 13.6 Å². The number of rotatable bonds is 2. The Morgan fingerprint density at radius 3 is 3.23 bits per heavy atom. The van der Waals surface area contributed by atoms with Gasteiger partial charge in [0, 0.05) is 11.4 Å². The zero-order valence-electron chi connectivity index (χ0n) is 8.39. The minimum Gasteiger partial charge on any atom is -0.319 e. The van der Waals surface area contributed by atoms with Crippen LogP contribution in [0.5, 0.6) is 0 Å². The molecule has 0 spiro atoms. The van der Waals surface area contributed by atoms with Gasteiger partial charge in [-0.15, -0.1) is 11.3 Å². The Kier molecular flexibility index (Phi) is 2.70. The molecule has 0 saturated heterocycles. The first-order valence-corrected chi connectivity index (χ1v) is 5.92. The highest BCUT2D eigenvalue weighted by Crippen LogP contribution is 2.37. The molecule has 0 bridgehead atoms. The fourth-order valence-corrected chi connectivity index (χ4v) is 3.52. The molecule has 1 aromatic rings. The van der Waals surface area contributed by atoms with Crippen LogP contribution in [0.4, 0.5) is 0 Å². The van der Waals surface area contributed by atoms with Crippen molar-refractivity contribution in [3.05, 3.63) is 21.4 Å². The maximum atomic E-state index is 3.30. The SMILES string of the molecule is CNC[C@@H]1CCCc2scc(C)c21. The molecule has 72 valence electrons. The van der Waals surface area contributed by atoms with Crippen LogP contribution >= 0.6 is 11.3 Å². The lowest BCUT2D eigenvalue weighted by molar-refractivity contribution is 0.532. The minimum atomic E-state index is 0.778. The molecule has 0 amide bonds. The average Bonchev–Trinajstić information content (AvgIpc) is 2.50. The summed E-state index contributed by atoms with van der Waals surface area (Å²) in [5.74, 6) is 0.778. The van der Waals surface area contributed by atoms with Gasteiger partial charge in [0.2, 0.25) is 0 Å². The molecule has 0 unspecified atom stereocenters. The largest absolute Gasteiger partial charge is 0.319 e. The lowest BCUT2D eigenvalue weighted by Gasteiger charge is -2.23. The van der Waals surface area contributed by atoms with Crippen molar-refractivity contribution >= 4 is 11.3 Å². The van der Waals surface area contributed by atoms with E-state index in [-0.39, 0.29) is 0 Å². The van der Waals surface area contributed by atoms with Crippen LogP contribution in [0, 0.1) is 6.92 Å². The van der Waals surface area contributed by atoms with Gasteiger partial charge in [-0.25, -0.2) is 0 Å². The van der Waals surface area contributed by atoms with Crippen LogP contribution in [0.15, 0.2) is 5.38 Å². The van der Waals surface area contributed by atoms with Gasteiger partial charge in [-0.05, 0) is 55.7 Å². The summed E-state index contributed by atoms with van der Waals surface area (Å²) in [7, 11) is 2.05. The highest BCUT2D eigenvalue weighted by Gasteiger charge is 2.22. The summed E-state index contributed by atoms with van der Waals surface area (Å²) in [5, 5.41) is 5.62. The van der Waals surface area contributed by atoms with E-state index in [4.69, 9.17) is 0 Å². The van der Waals surface area contributed by atoms with Gasteiger partial charge >= 0.3 is 0 Å². The normalized spacial score (nSPS) is 21.5. The van der Waals surface area contributed by atoms with Crippen LogP contribution in [0.2, 0.25) is 0 Å². The zero-order valence-corrected chi connectivity index (χ0v) is 9.21. The fourth-order valence-electron chi connectivity index (χ4n) is 2.35. The second-order valence-corrected chi connectivity index (χ2v) is 4.87. The third kappa shape index (κ3) is 1.65. The number of aryl methyl sites for hydroxylation is 2. The molecule has 2 rings (SSSR count). The van der Waals surface area contributed by atoms with Gasteiger partial charge < -0.3 is 5.32 Å². The Morgan fingerprint density at radius 2 is 2.46 bits per heavy atom. The summed E-state index contributed by atoms with van der Waals surface area (Å²) in [4.78, 5) is 1.64. The summed E-state index contributed by atoms with van der Waals surface area (Å²) in [6, 6.07) is 0. The van der Waals surface area contributed by atoms with Gasteiger partial charge in [0.05, 0.1) is 0 Å². The highest BCUT2D eigenvalue weighted by molar-refractivity contribution is 7.10. The third-order valence-corrected chi connectivity index (χ3v) is 4.10. The van der Waals surface area contributed by atoms with Crippen LogP contribution in [-0.2, 0) is 6.42 Å². The number of fused-ring (bicyclic) bond motifs is 1. The first-order chi connectivity index (χ1) is 6.33. The molecule has 1 aliphatic carbocycles. The van der Waals surface area contributed by atoms with E-state index in [0.29, 0.717) is 0 Å². The second-order valence-electron chi connectivity index (χ2n) is 3.90. The Hall–Kier alpha value is -0.340. The summed E-state index contributed by atoms with van der Waals surface area (Å²) in [6.45, 7) is 3.40. The Morgan fingerprint density at radius 1 is 1.62 bits per heavy atom. The first kappa shape index (κ1) is 9.22. The summed E-state index contributed by atoms with van der Waals surface area (Å²) in [6.07, 6.45) is 4.05. The Bertz CT molecular complexity index is 290. The Labute approximate surface area is 84.2 Å². The number of nitrogens with one attached hydrogen (secondary N) is 1. The van der Waals surface area contributed by atoms with Gasteiger partial charge in [0.15, 0.2) is 0 Å². The van der Waals surface area contributed by atoms with Crippen molar-refractivity contribution in [1.82, 2.24) is 5.32 Å². The molecule has 0 radical (unpaired) electrons. The second kappa shape index (κ2) is 3.81. The zero-order chi connectivity index (χ0) is 9.26. The third-order valence-electron chi connectivity index (χ3n) is 2.92. The standard InChI is InChI=1S/C11H17NS/c1-8-7-13-10-5-3-4-9(6-12-2)11(8)10/h7,9,12H,3-6H2,1-2H3/t9-/m0/s1.